The van der Waals surface area contributed by atoms with Gasteiger partial charge in [-0.3, -0.25) is 9.59 Å². The first-order valence-electron chi connectivity index (χ1n) is 27.8. The second kappa shape index (κ2) is 28.0. The summed E-state index contributed by atoms with van der Waals surface area (Å²) in [5.41, 5.74) is 4.90. The molecule has 2 aliphatic carbocycles. The van der Waals surface area contributed by atoms with Crippen molar-refractivity contribution in [3.63, 3.8) is 0 Å². The molecule has 18 heteroatoms. The Kier molecular flexibility index (Phi) is 20.3. The molecule has 3 aromatic carbocycles. The van der Waals surface area contributed by atoms with E-state index in [2.05, 4.69) is 61.5 Å². The van der Waals surface area contributed by atoms with Gasteiger partial charge in [0.2, 0.25) is 17.8 Å². The summed E-state index contributed by atoms with van der Waals surface area (Å²) in [6.45, 7) is 6.99. The number of likely N-dealkylation sites (tertiary alicyclic amines) is 1. The van der Waals surface area contributed by atoms with Crippen LogP contribution in [0.1, 0.15) is 94.2 Å². The molecule has 0 bridgehead atoms. The predicted molar refractivity (Wildman–Crippen MR) is 302 cm³/mol. The zero-order valence-corrected chi connectivity index (χ0v) is 46.2. The lowest BCUT2D eigenvalue weighted by Crippen LogP contribution is -2.55. The van der Waals surface area contributed by atoms with E-state index in [1.807, 2.05) is 85.5 Å². The summed E-state index contributed by atoms with van der Waals surface area (Å²) in [7, 11) is 5.84. The van der Waals surface area contributed by atoms with Crippen molar-refractivity contribution in [1.29, 1.82) is 0 Å². The molecular weight excluding hydrogens is 993 g/mol. The summed E-state index contributed by atoms with van der Waals surface area (Å²) < 4.78 is 31.8. The smallest absolute Gasteiger partial charge is 0.246 e. The van der Waals surface area contributed by atoms with Gasteiger partial charge in [0.25, 0.3) is 0 Å². The van der Waals surface area contributed by atoms with Crippen LogP contribution in [0.2, 0.25) is 0 Å². The van der Waals surface area contributed by atoms with Gasteiger partial charge in [0.05, 0.1) is 94.1 Å². The molecule has 3 N–H and O–H groups in total. The zero-order chi connectivity index (χ0) is 53.3. The number of nitrogens with one attached hydrogen (secondary N) is 3. The molecule has 17 nitrogen and oxygen atoms in total. The summed E-state index contributed by atoms with van der Waals surface area (Å²) in [6.07, 6.45) is 14.8. The number of nitrogens with zero attached hydrogens (tertiary/aromatic N) is 7. The monoisotopic (exact) mass is 1070 g/mol. The summed E-state index contributed by atoms with van der Waals surface area (Å²) in [5.74, 6) is 2.45. The average molecular weight is 1070 g/mol. The van der Waals surface area contributed by atoms with E-state index in [-0.39, 0.29) is 42.0 Å². The molecule has 1 unspecified atom stereocenters. The van der Waals surface area contributed by atoms with Crippen LogP contribution in [0.25, 0.3) is 33.3 Å². The zero-order valence-electron chi connectivity index (χ0n) is 45.4. The molecule has 2 amide bonds. The largest absolute Gasteiger partial charge is 0.491 e. The molecule has 3 aromatic heterocycles. The van der Waals surface area contributed by atoms with E-state index >= 15 is 0 Å². The van der Waals surface area contributed by atoms with Crippen LogP contribution in [0, 0.1) is 5.92 Å². The van der Waals surface area contributed by atoms with Crippen molar-refractivity contribution in [3.8, 4) is 28.3 Å². The van der Waals surface area contributed by atoms with Crippen molar-refractivity contribution in [2.75, 3.05) is 90.8 Å². The van der Waals surface area contributed by atoms with Crippen LogP contribution in [0.15, 0.2) is 90.6 Å². The summed E-state index contributed by atoms with van der Waals surface area (Å²) >= 11 is 1.60. The molecular formula is C59H78N10O7S. The summed E-state index contributed by atoms with van der Waals surface area (Å²) in [4.78, 5) is 46.1. The van der Waals surface area contributed by atoms with E-state index < -0.39 is 6.04 Å². The van der Waals surface area contributed by atoms with Crippen LogP contribution in [0.5, 0.6) is 5.75 Å². The Hall–Kier alpha value is -6.02. The summed E-state index contributed by atoms with van der Waals surface area (Å²) in [5, 5.41) is 19.5. The Labute approximate surface area is 457 Å². The Morgan fingerprint density at radius 1 is 0.753 bits per heavy atom. The molecule has 1 saturated heterocycles. The Bertz CT molecular complexity index is 2800. The van der Waals surface area contributed by atoms with Gasteiger partial charge in [-0.1, -0.05) is 73.9 Å². The predicted octanol–water partition coefficient (Wildman–Crippen LogP) is 8.94. The number of hydrogen-bond donors (Lipinski definition) is 3. The first-order valence-corrected chi connectivity index (χ1v) is 28.7. The maximum Gasteiger partial charge on any atom is 0.246 e. The fraction of sp³-hybridized carbons (Fsp3) is 0.525. The number of rotatable bonds is 27. The first kappa shape index (κ1) is 55.7. The van der Waals surface area contributed by atoms with E-state index in [4.69, 9.17) is 38.8 Å². The van der Waals surface area contributed by atoms with Crippen molar-refractivity contribution in [2.45, 2.75) is 114 Å². The number of thiazole rings is 1. The lowest BCUT2D eigenvalue weighted by molar-refractivity contribution is -0.139. The quantitative estimate of drug-likeness (QED) is 0.0416. The lowest BCUT2D eigenvalue weighted by atomic mass is 9.83. The molecule has 77 heavy (non-hydrogen) atoms. The van der Waals surface area contributed by atoms with Gasteiger partial charge in [0.1, 0.15) is 29.2 Å². The molecule has 3 fully saturated rings. The van der Waals surface area contributed by atoms with Crippen LogP contribution in [-0.4, -0.2) is 146 Å². The normalized spacial score (nSPS) is 18.8. The van der Waals surface area contributed by atoms with E-state index in [1.54, 1.807) is 18.4 Å². The standard InChI is InChI=1S/C59H78N10O7S/c1-41(60-2)55(70)66-54(43-16-9-6-10-17-43)58(71)68-29-13-20-52(68)56-64-51(40-77-56)47-25-26-53(48-19-12-11-18-46(47)48)76-37-35-74-33-31-72-30-32-73-34-36-75-45-23-21-44(22-24-45)63-59-61-28-27-50(65-59)49-38-62-69(57(49)67(3)4)39-42-14-7-5-8-15-42/h5,7-8,11-12,14-15,18-19,25-28,38,40-41,43-45,52,54,60H,6,9-10,13,16-17,20-24,29-37,39H2,1-4H3,(H,66,70)(H,61,63,65)/t41-,44-,45-,52-,54?/m0/s1. The van der Waals surface area contributed by atoms with Crippen LogP contribution in [0.3, 0.4) is 0 Å². The van der Waals surface area contributed by atoms with Gasteiger partial charge in [0.15, 0.2) is 0 Å². The summed E-state index contributed by atoms with van der Waals surface area (Å²) in [6, 6.07) is 23.9. The highest BCUT2D eigenvalue weighted by atomic mass is 32.1. The van der Waals surface area contributed by atoms with Crippen molar-refractivity contribution in [2.24, 2.45) is 5.92 Å². The number of amides is 2. The first-order chi connectivity index (χ1) is 37.7. The molecule has 6 aromatic rings. The molecule has 9 rings (SSSR count). The second-order valence-electron chi connectivity index (χ2n) is 20.7. The number of aromatic nitrogens is 5. The van der Waals surface area contributed by atoms with Gasteiger partial charge < -0.3 is 49.4 Å². The van der Waals surface area contributed by atoms with Gasteiger partial charge in [-0.25, -0.2) is 19.6 Å². The highest BCUT2D eigenvalue weighted by molar-refractivity contribution is 7.10. The second-order valence-corrected chi connectivity index (χ2v) is 21.6. The van der Waals surface area contributed by atoms with Crippen molar-refractivity contribution in [3.05, 3.63) is 101 Å². The Morgan fingerprint density at radius 3 is 2.21 bits per heavy atom. The molecule has 1 aliphatic heterocycles. The minimum Gasteiger partial charge on any atom is -0.491 e. The Morgan fingerprint density at radius 2 is 1.47 bits per heavy atom. The molecule has 3 atom stereocenters. The maximum absolute atomic E-state index is 14.4. The fourth-order valence-corrected chi connectivity index (χ4v) is 11.9. The van der Waals surface area contributed by atoms with Crippen molar-refractivity contribution < 1.29 is 33.3 Å². The molecule has 0 spiro atoms. The van der Waals surface area contributed by atoms with E-state index in [0.717, 1.165) is 114 Å². The minimum absolute atomic E-state index is 0.0217. The highest BCUT2D eigenvalue weighted by Gasteiger charge is 2.40. The van der Waals surface area contributed by atoms with E-state index in [9.17, 15) is 9.59 Å². The van der Waals surface area contributed by atoms with Crippen molar-refractivity contribution >= 4 is 45.7 Å². The van der Waals surface area contributed by atoms with Gasteiger partial charge >= 0.3 is 0 Å². The van der Waals surface area contributed by atoms with Crippen LogP contribution in [0.4, 0.5) is 11.8 Å². The lowest BCUT2D eigenvalue weighted by Gasteiger charge is -2.35. The number of likely N-dealkylation sites (N-methyl/N-ethyl adjacent to an activating group) is 1. The Balaban J connectivity index is 0.641. The number of hydrogen-bond acceptors (Lipinski definition) is 15. The number of benzene rings is 3. The third kappa shape index (κ3) is 14.8. The highest BCUT2D eigenvalue weighted by Crippen LogP contribution is 2.40. The molecule has 412 valence electrons. The van der Waals surface area contributed by atoms with Crippen LogP contribution in [-0.2, 0) is 35.1 Å². The van der Waals surface area contributed by atoms with Crippen LogP contribution < -0.4 is 25.6 Å². The van der Waals surface area contributed by atoms with Crippen molar-refractivity contribution in [1.82, 2.24) is 40.3 Å². The number of fused-ring (bicyclic) bond motifs is 1. The SMILES string of the molecule is CN[C@@H](C)C(=O)NC(C(=O)N1CCC[C@H]1c1nc(-c2ccc(OCCOCCOCCOCCO[C@H]3CC[C@H](Nc4nccc(-c5cnn(Cc6ccccc6)c5N(C)C)n4)CC3)c3ccccc23)cs1)C1CCCCC1. The number of carbonyl (C=O) groups is 2. The molecule has 4 heterocycles. The maximum atomic E-state index is 14.4. The van der Waals surface area contributed by atoms with Crippen LogP contribution >= 0.6 is 11.3 Å². The minimum atomic E-state index is -0.523. The molecule has 0 radical (unpaired) electrons. The fourth-order valence-electron chi connectivity index (χ4n) is 11.0. The van der Waals surface area contributed by atoms with Gasteiger partial charge in [-0.05, 0) is 100 Å². The third-order valence-corrected chi connectivity index (χ3v) is 16.1. The van der Waals surface area contributed by atoms with E-state index in [1.165, 1.54) is 12.0 Å². The average Bonchev–Trinajstić information content (AvgIpc) is 4.27. The molecule has 3 aliphatic rings. The third-order valence-electron chi connectivity index (χ3n) is 15.2. The number of ether oxygens (including phenoxy) is 5. The molecule has 2 saturated carbocycles. The topological polar surface area (TPSA) is 179 Å². The van der Waals surface area contributed by atoms with Gasteiger partial charge in [-0.15, -0.1) is 11.3 Å². The van der Waals surface area contributed by atoms with Gasteiger partial charge in [-0.2, -0.15) is 5.10 Å². The number of carbonyl (C=O) groups excluding carboxylic acids is 2. The van der Waals surface area contributed by atoms with Gasteiger partial charge in [0, 0.05) is 49.2 Å². The number of anilines is 2. The van der Waals surface area contributed by atoms with E-state index in [0.29, 0.717) is 71.9 Å².